The lowest BCUT2D eigenvalue weighted by molar-refractivity contribution is -0.142. The molecular formula is C39H33F7N6O3. The van der Waals surface area contributed by atoms with Crippen LogP contribution in [0.25, 0.3) is 22.0 Å². The number of anilines is 1. The van der Waals surface area contributed by atoms with E-state index in [1.807, 2.05) is 0 Å². The molecule has 2 aromatic carbocycles. The normalized spacial score (nSPS) is 20.1. The molecule has 1 saturated heterocycles. The van der Waals surface area contributed by atoms with E-state index in [1.54, 1.807) is 42.1 Å². The Morgan fingerprint density at radius 1 is 1.07 bits per heavy atom. The molecule has 0 unspecified atom stereocenters. The first kappa shape index (κ1) is 36.7. The quantitative estimate of drug-likeness (QED) is 0.132. The number of pyridine rings is 1. The van der Waals surface area contributed by atoms with Gasteiger partial charge < -0.3 is 15.6 Å². The number of carbonyl (C=O) groups is 1. The molecule has 0 bridgehead atoms. The zero-order valence-electron chi connectivity index (χ0n) is 29.2. The van der Waals surface area contributed by atoms with Crippen LogP contribution in [0.3, 0.4) is 0 Å². The smallest absolute Gasteiger partial charge is 0.382 e. The molecule has 9 nitrogen and oxygen atoms in total. The molecule has 2 aliphatic carbocycles. The van der Waals surface area contributed by atoms with Crippen molar-refractivity contribution in [3.05, 3.63) is 94.1 Å². The largest absolute Gasteiger partial charge is 0.435 e. The second-order valence-electron chi connectivity index (χ2n) is 14.5. The second-order valence-corrected chi connectivity index (χ2v) is 14.5. The minimum atomic E-state index is -5.02. The third-order valence-electron chi connectivity index (χ3n) is 10.6. The van der Waals surface area contributed by atoms with Crippen molar-refractivity contribution in [1.82, 2.24) is 24.5 Å². The van der Waals surface area contributed by atoms with Crippen molar-refractivity contribution in [2.24, 2.45) is 13.0 Å². The molecule has 1 saturated carbocycles. The summed E-state index contributed by atoms with van der Waals surface area (Å²) in [5.74, 6) is -3.49. The number of nitrogens with two attached hydrogens (primary N) is 1. The zero-order valence-corrected chi connectivity index (χ0v) is 29.2. The summed E-state index contributed by atoms with van der Waals surface area (Å²) in [4.78, 5) is 18.8. The predicted molar refractivity (Wildman–Crippen MR) is 185 cm³/mol. The van der Waals surface area contributed by atoms with Gasteiger partial charge in [-0.2, -0.15) is 32.1 Å². The van der Waals surface area contributed by atoms with E-state index in [1.165, 1.54) is 0 Å². The minimum absolute atomic E-state index is 0.108. The van der Waals surface area contributed by atoms with Gasteiger partial charge in [0.25, 0.3) is 5.92 Å². The Kier molecular flexibility index (Phi) is 8.80. The average molecular weight is 767 g/mol. The summed E-state index contributed by atoms with van der Waals surface area (Å²) in [6, 6.07) is 11.4. The van der Waals surface area contributed by atoms with Crippen molar-refractivity contribution in [2.45, 2.75) is 68.2 Å². The molecule has 16 heteroatoms. The van der Waals surface area contributed by atoms with Crippen LogP contribution in [0.5, 0.6) is 0 Å². The molecule has 5 aromatic rings. The van der Waals surface area contributed by atoms with E-state index in [2.05, 4.69) is 22.0 Å². The molecule has 4 heterocycles. The fourth-order valence-electron chi connectivity index (χ4n) is 8.06. The van der Waals surface area contributed by atoms with Crippen LogP contribution in [0, 0.1) is 29.4 Å². The number of Topliss-reactive ketones (excluding diaryl/α,β-unsaturated/α-hetero) is 1. The van der Waals surface area contributed by atoms with E-state index in [9.17, 15) is 31.9 Å². The third kappa shape index (κ3) is 6.73. The highest BCUT2D eigenvalue weighted by atomic mass is 19.4. The Labute approximate surface area is 309 Å². The van der Waals surface area contributed by atoms with E-state index in [-0.39, 0.29) is 48.5 Å². The number of rotatable bonds is 8. The number of aryl methyl sites for hydroxylation is 1. The van der Waals surface area contributed by atoms with Gasteiger partial charge >= 0.3 is 6.18 Å². The van der Waals surface area contributed by atoms with E-state index in [4.69, 9.17) is 15.5 Å². The lowest BCUT2D eigenvalue weighted by Gasteiger charge is -2.26. The summed E-state index contributed by atoms with van der Waals surface area (Å²) >= 11 is 0. The molecule has 1 aliphatic heterocycles. The topological polar surface area (TPSA) is 121 Å². The van der Waals surface area contributed by atoms with Gasteiger partial charge in [-0.05, 0) is 60.6 Å². The van der Waals surface area contributed by atoms with Crippen molar-refractivity contribution >= 4 is 22.5 Å². The molecule has 3 N–H and O–H groups in total. The van der Waals surface area contributed by atoms with Crippen LogP contribution in [-0.2, 0) is 41.6 Å². The molecule has 55 heavy (non-hydrogen) atoms. The van der Waals surface area contributed by atoms with E-state index < -0.39 is 82.8 Å². The molecule has 3 aromatic heterocycles. The maximum absolute atomic E-state index is 15.4. The molecule has 0 amide bonds. The minimum Gasteiger partial charge on any atom is -0.382 e. The Hall–Kier alpha value is -5.27. The van der Waals surface area contributed by atoms with Crippen molar-refractivity contribution < 1.29 is 45.4 Å². The first-order valence-corrected chi connectivity index (χ1v) is 17.6. The van der Waals surface area contributed by atoms with Crippen molar-refractivity contribution in [2.75, 3.05) is 18.9 Å². The fourth-order valence-corrected chi connectivity index (χ4v) is 8.06. The number of ether oxygens (including phenoxy) is 1. The molecule has 286 valence electrons. The fraction of sp³-hybridized carbons (Fsp3) is 0.385. The average Bonchev–Trinajstić information content (AvgIpc) is 3.67. The number of halogens is 7. The molecular weight excluding hydrogens is 733 g/mol. The number of carbonyl (C=O) groups excluding carboxylic acids is 1. The Bertz CT molecular complexity index is 2400. The highest BCUT2D eigenvalue weighted by Gasteiger charge is 2.68. The monoisotopic (exact) mass is 766 g/mol. The Morgan fingerprint density at radius 2 is 1.80 bits per heavy atom. The number of para-hydroxylation sites is 1. The predicted octanol–water partition coefficient (Wildman–Crippen LogP) is 6.80. The number of aromatic nitrogens is 5. The number of ketones is 1. The van der Waals surface area contributed by atoms with E-state index >= 15 is 8.78 Å². The lowest BCUT2D eigenvalue weighted by atomic mass is 9.86. The summed E-state index contributed by atoms with van der Waals surface area (Å²) < 4.78 is 109. The first-order chi connectivity index (χ1) is 26.0. The summed E-state index contributed by atoms with van der Waals surface area (Å²) in [6.45, 7) is -0.322. The van der Waals surface area contributed by atoms with E-state index in [0.717, 1.165) is 12.1 Å². The van der Waals surface area contributed by atoms with Crippen molar-refractivity contribution in [1.29, 1.82) is 0 Å². The highest BCUT2D eigenvalue weighted by Crippen LogP contribution is 2.68. The van der Waals surface area contributed by atoms with Crippen LogP contribution < -0.4 is 5.73 Å². The Morgan fingerprint density at radius 3 is 2.51 bits per heavy atom. The molecule has 0 radical (unpaired) electrons. The number of nitrogen functional groups attached to an aromatic ring is 1. The number of alkyl halides is 5. The van der Waals surface area contributed by atoms with Crippen LogP contribution in [0.1, 0.15) is 71.4 Å². The SMILES string of the molecule is Cn1nc(N)c2cccc(-c3ccc(C#CC4(O)CCOCC4)nc3[C@@H](CC(=O)Cn3nc(C(F)(F)F)c4c3C(F)(F)[C@@H]3C[C@H]43)Cc3cc(F)cc(F)c3)c21. The van der Waals surface area contributed by atoms with Crippen LogP contribution in [0.4, 0.5) is 36.6 Å². The van der Waals surface area contributed by atoms with Gasteiger partial charge in [0.2, 0.25) is 0 Å². The molecule has 3 atom stereocenters. The van der Waals surface area contributed by atoms with Gasteiger partial charge in [-0.3, -0.25) is 14.2 Å². The second kappa shape index (κ2) is 13.2. The summed E-state index contributed by atoms with van der Waals surface area (Å²) in [5, 5.41) is 19.5. The number of fused-ring (bicyclic) bond motifs is 4. The van der Waals surface area contributed by atoms with Crippen molar-refractivity contribution in [3.8, 4) is 23.0 Å². The van der Waals surface area contributed by atoms with Gasteiger partial charge in [0.05, 0.1) is 24.4 Å². The van der Waals surface area contributed by atoms with Crippen LogP contribution >= 0.6 is 0 Å². The van der Waals surface area contributed by atoms with Gasteiger partial charge in [-0.25, -0.2) is 13.8 Å². The van der Waals surface area contributed by atoms with Crippen LogP contribution in [-0.4, -0.2) is 54.2 Å². The highest BCUT2D eigenvalue weighted by molar-refractivity contribution is 6.00. The van der Waals surface area contributed by atoms with Gasteiger partial charge in [0.15, 0.2) is 17.3 Å². The number of aliphatic hydroxyl groups is 1. The summed E-state index contributed by atoms with van der Waals surface area (Å²) in [7, 11) is 1.68. The van der Waals surface area contributed by atoms with Crippen LogP contribution in [0.2, 0.25) is 0 Å². The van der Waals surface area contributed by atoms with Gasteiger partial charge in [0, 0.05) is 66.3 Å². The number of hydrogen-bond acceptors (Lipinski definition) is 7. The van der Waals surface area contributed by atoms with Crippen molar-refractivity contribution in [3.63, 3.8) is 0 Å². The van der Waals surface area contributed by atoms with Crippen LogP contribution in [0.15, 0.2) is 48.5 Å². The number of benzene rings is 2. The maximum atomic E-state index is 15.4. The van der Waals surface area contributed by atoms with Gasteiger partial charge in [-0.1, -0.05) is 18.1 Å². The first-order valence-electron chi connectivity index (χ1n) is 17.6. The zero-order chi connectivity index (χ0) is 39.0. The maximum Gasteiger partial charge on any atom is 0.435 e. The lowest BCUT2D eigenvalue weighted by Crippen LogP contribution is -2.34. The molecule has 0 spiro atoms. The third-order valence-corrected chi connectivity index (χ3v) is 10.6. The summed E-state index contributed by atoms with van der Waals surface area (Å²) in [5.41, 5.74) is 4.03. The molecule has 2 fully saturated rings. The van der Waals surface area contributed by atoms with Gasteiger partial charge in [-0.15, -0.1) is 0 Å². The number of hydrogen-bond donors (Lipinski definition) is 2. The van der Waals surface area contributed by atoms with Gasteiger partial charge in [0.1, 0.15) is 35.2 Å². The number of nitrogens with zero attached hydrogens (tertiary/aromatic N) is 5. The summed E-state index contributed by atoms with van der Waals surface area (Å²) in [6.07, 6.45) is -5.33. The molecule has 3 aliphatic rings. The molecule has 8 rings (SSSR count). The van der Waals surface area contributed by atoms with E-state index in [0.29, 0.717) is 46.0 Å². The Balaban J connectivity index is 1.25. The standard InChI is InChI=1S/C39H33F7N6O3/c1-51-33-27(3-2-4-28(33)36(47)50-51)26-6-5-24(7-8-37(54)9-11-55-12-10-37)48-32(26)21(13-20-14-22(40)17-23(41)15-20)16-25(53)19-52-35-31(34(49-52)39(44,45)46)29-18-30(29)38(35,42)43/h2-6,14-15,17,21,29-30,54H,9-13,16,18-19H2,1H3,(H2,47,50)/t21-,29+,30-/m1/s1.